The molecule has 1 aromatic rings. The number of ether oxygens (including phenoxy) is 1. The Morgan fingerprint density at radius 3 is 2.55 bits per heavy atom. The number of halogens is 5. The fourth-order valence-electron chi connectivity index (χ4n) is 3.92. The van der Waals surface area contributed by atoms with Crippen LogP contribution in [0.15, 0.2) is 18.2 Å². The molecule has 2 fully saturated rings. The molecular formula is C21H23F5N4O3. The number of piperidine rings is 1. The predicted octanol–water partition coefficient (Wildman–Crippen LogP) is 3.50. The molecule has 1 N–H and O–H groups in total. The molecule has 1 aliphatic heterocycles. The second-order valence-corrected chi connectivity index (χ2v) is 8.05. The Balaban J connectivity index is 1.67. The van der Waals surface area contributed by atoms with Crippen molar-refractivity contribution in [3.63, 3.8) is 0 Å². The van der Waals surface area contributed by atoms with Gasteiger partial charge in [-0.2, -0.15) is 5.26 Å². The molecule has 7 nitrogen and oxygen atoms in total. The largest absolute Gasteiger partial charge is 0.573 e. The summed E-state index contributed by atoms with van der Waals surface area (Å²) in [6, 6.07) is 3.63. The number of hydrogen-bond donors (Lipinski definition) is 1. The van der Waals surface area contributed by atoms with E-state index in [1.807, 2.05) is 0 Å². The van der Waals surface area contributed by atoms with Crippen molar-refractivity contribution in [1.82, 2.24) is 15.1 Å². The molecule has 180 valence electrons. The maximum atomic E-state index is 14.2. The lowest BCUT2D eigenvalue weighted by Crippen LogP contribution is -2.56. The van der Waals surface area contributed by atoms with E-state index in [0.29, 0.717) is 12.5 Å². The Hall–Kier alpha value is -3.10. The van der Waals surface area contributed by atoms with Crippen LogP contribution < -0.4 is 10.1 Å². The van der Waals surface area contributed by atoms with E-state index in [9.17, 15) is 36.8 Å². The normalized spacial score (nSPS) is 20.7. The lowest BCUT2D eigenvalue weighted by molar-refractivity contribution is -0.274. The summed E-state index contributed by atoms with van der Waals surface area (Å²) in [6.45, 7) is -0.760. The van der Waals surface area contributed by atoms with E-state index >= 15 is 0 Å². The molecule has 3 rings (SSSR count). The van der Waals surface area contributed by atoms with Crippen molar-refractivity contribution in [3.05, 3.63) is 29.6 Å². The summed E-state index contributed by atoms with van der Waals surface area (Å²) in [5.41, 5.74) is -0.0353. The van der Waals surface area contributed by atoms with Gasteiger partial charge in [0.25, 0.3) is 0 Å². The summed E-state index contributed by atoms with van der Waals surface area (Å²) in [5.74, 6) is -2.63. The predicted molar refractivity (Wildman–Crippen MR) is 105 cm³/mol. The Labute approximate surface area is 187 Å². The maximum Gasteiger partial charge on any atom is 0.573 e. The van der Waals surface area contributed by atoms with Crippen molar-refractivity contribution in [1.29, 1.82) is 5.26 Å². The summed E-state index contributed by atoms with van der Waals surface area (Å²) in [6.07, 6.45) is -3.44. The minimum atomic E-state index is -4.95. The molecule has 0 spiro atoms. The number of amides is 3. The molecular weight excluding hydrogens is 451 g/mol. The minimum absolute atomic E-state index is 0.0353. The zero-order chi connectivity index (χ0) is 24.2. The fraction of sp³-hybridized carbons (Fsp3) is 0.571. The van der Waals surface area contributed by atoms with Gasteiger partial charge in [0.2, 0.25) is 5.91 Å². The smallest absolute Gasteiger partial charge is 0.406 e. The average Bonchev–Trinajstić information content (AvgIpc) is 3.57. The number of nitrogens with zero attached hydrogens (tertiary/aromatic N) is 3. The first-order valence-electron chi connectivity index (χ1n) is 10.4. The lowest BCUT2D eigenvalue weighted by atomic mass is 9.94. The Bertz CT molecular complexity index is 916. The summed E-state index contributed by atoms with van der Waals surface area (Å²) in [5, 5.41) is 12.0. The van der Waals surface area contributed by atoms with Gasteiger partial charge < -0.3 is 19.9 Å². The van der Waals surface area contributed by atoms with Crippen LogP contribution in [-0.4, -0.2) is 59.9 Å². The summed E-state index contributed by atoms with van der Waals surface area (Å²) in [4.78, 5) is 28.0. The van der Waals surface area contributed by atoms with E-state index in [4.69, 9.17) is 0 Å². The lowest BCUT2D eigenvalue weighted by Gasteiger charge is -2.41. The van der Waals surface area contributed by atoms with Crippen molar-refractivity contribution >= 4 is 11.9 Å². The molecule has 33 heavy (non-hydrogen) atoms. The molecule has 1 aromatic carbocycles. The number of alkyl halides is 4. The maximum absolute atomic E-state index is 14.2. The summed E-state index contributed by atoms with van der Waals surface area (Å²) < 4.78 is 67.3. The molecule has 3 amide bonds. The number of urea groups is 1. The van der Waals surface area contributed by atoms with Crippen molar-refractivity contribution in [2.75, 3.05) is 19.8 Å². The van der Waals surface area contributed by atoms with E-state index in [1.54, 1.807) is 0 Å². The first kappa shape index (κ1) is 24.5. The van der Waals surface area contributed by atoms with E-state index in [2.05, 4.69) is 16.1 Å². The molecule has 2 unspecified atom stereocenters. The van der Waals surface area contributed by atoms with Crippen molar-refractivity contribution in [2.45, 2.75) is 50.7 Å². The third-order valence-electron chi connectivity index (χ3n) is 5.53. The van der Waals surface area contributed by atoms with Gasteiger partial charge in [-0.15, -0.1) is 13.2 Å². The van der Waals surface area contributed by atoms with Crippen LogP contribution in [0.2, 0.25) is 0 Å². The van der Waals surface area contributed by atoms with E-state index in [1.165, 1.54) is 9.80 Å². The average molecular weight is 474 g/mol. The van der Waals surface area contributed by atoms with Crippen molar-refractivity contribution < 1.29 is 36.3 Å². The van der Waals surface area contributed by atoms with Crippen LogP contribution >= 0.6 is 0 Å². The first-order chi connectivity index (χ1) is 15.6. The van der Waals surface area contributed by atoms with Crippen LogP contribution in [0, 0.1) is 23.1 Å². The van der Waals surface area contributed by atoms with Gasteiger partial charge in [-0.1, -0.05) is 6.07 Å². The fourth-order valence-corrected chi connectivity index (χ4v) is 3.92. The van der Waals surface area contributed by atoms with Crippen molar-refractivity contribution in [2.24, 2.45) is 5.92 Å². The Morgan fingerprint density at radius 1 is 1.24 bits per heavy atom. The first-order valence-corrected chi connectivity index (χ1v) is 10.4. The molecule has 1 heterocycles. The minimum Gasteiger partial charge on any atom is -0.406 e. The van der Waals surface area contributed by atoms with Gasteiger partial charge >= 0.3 is 12.4 Å². The summed E-state index contributed by atoms with van der Waals surface area (Å²) in [7, 11) is 0. The third kappa shape index (κ3) is 6.69. The number of likely N-dealkylation sites (tertiary alicyclic amines) is 1. The highest BCUT2D eigenvalue weighted by Crippen LogP contribution is 2.33. The van der Waals surface area contributed by atoms with Crippen LogP contribution in [0.5, 0.6) is 5.75 Å². The van der Waals surface area contributed by atoms with E-state index in [-0.39, 0.29) is 37.7 Å². The highest BCUT2D eigenvalue weighted by atomic mass is 19.4. The van der Waals surface area contributed by atoms with Gasteiger partial charge in [0, 0.05) is 37.3 Å². The molecule has 2 atom stereocenters. The van der Waals surface area contributed by atoms with Crippen LogP contribution in [0.4, 0.5) is 26.7 Å². The number of nitriles is 1. The third-order valence-corrected chi connectivity index (χ3v) is 5.53. The van der Waals surface area contributed by atoms with Crippen LogP contribution in [0.3, 0.4) is 0 Å². The Morgan fingerprint density at radius 2 is 1.97 bits per heavy atom. The van der Waals surface area contributed by atoms with Crippen LogP contribution in [0.25, 0.3) is 0 Å². The number of rotatable bonds is 7. The highest BCUT2D eigenvalue weighted by Gasteiger charge is 2.42. The second-order valence-electron chi connectivity index (χ2n) is 8.05. The van der Waals surface area contributed by atoms with E-state index in [0.717, 1.165) is 25.0 Å². The molecule has 1 aliphatic carbocycles. The monoisotopic (exact) mass is 474 g/mol. The highest BCUT2D eigenvalue weighted by molar-refractivity contribution is 5.77. The standard InChI is InChI=1S/C21H23F5N4O3/c22-6-5-19(31)29-11-13(9-27)7-16(12-29)30(15-2-3-15)20(32)28-10-14-1-4-17(8-18(14)23)33-21(24,25)26/h1,4,8,13,15-16H,2-3,5-7,10-12H2,(H,28,32). The zero-order valence-electron chi connectivity index (χ0n) is 17.6. The number of hydrogen-bond acceptors (Lipinski definition) is 4. The van der Waals surface area contributed by atoms with Gasteiger partial charge in [-0.25, -0.2) is 9.18 Å². The molecule has 0 radical (unpaired) electrons. The second kappa shape index (κ2) is 10.2. The molecule has 0 aromatic heterocycles. The quantitative estimate of drug-likeness (QED) is 0.613. The SMILES string of the molecule is N#CC1CC(N(C(=O)NCc2ccc(OC(F)(F)F)cc2F)C2CC2)CN(C(=O)CCF)C1. The van der Waals surface area contributed by atoms with Crippen LogP contribution in [0.1, 0.15) is 31.2 Å². The number of carbonyl (C=O) groups is 2. The molecule has 0 bridgehead atoms. The van der Waals surface area contributed by atoms with Gasteiger partial charge in [0.15, 0.2) is 0 Å². The van der Waals surface area contributed by atoms with E-state index < -0.39 is 48.5 Å². The number of carbonyl (C=O) groups excluding carboxylic acids is 2. The Kier molecular flexibility index (Phi) is 7.61. The van der Waals surface area contributed by atoms with Gasteiger partial charge in [-0.05, 0) is 25.3 Å². The molecule has 2 aliphatic rings. The summed E-state index contributed by atoms with van der Waals surface area (Å²) >= 11 is 0. The number of nitrogens with one attached hydrogen (secondary N) is 1. The molecule has 1 saturated heterocycles. The topological polar surface area (TPSA) is 85.7 Å². The molecule has 12 heteroatoms. The van der Waals surface area contributed by atoms with Crippen molar-refractivity contribution in [3.8, 4) is 11.8 Å². The van der Waals surface area contributed by atoms with Gasteiger partial charge in [0.05, 0.1) is 31.1 Å². The molecule has 1 saturated carbocycles. The van der Waals surface area contributed by atoms with Crippen LogP contribution in [-0.2, 0) is 11.3 Å². The number of benzene rings is 1. The van der Waals surface area contributed by atoms with Gasteiger partial charge in [-0.3, -0.25) is 9.18 Å². The zero-order valence-corrected chi connectivity index (χ0v) is 17.6. The van der Waals surface area contributed by atoms with Gasteiger partial charge in [0.1, 0.15) is 11.6 Å².